The number of hydrogen-bond acceptors (Lipinski definition) is 4. The Balaban J connectivity index is 1.63. The van der Waals surface area contributed by atoms with E-state index < -0.39 is 0 Å². The highest BCUT2D eigenvalue weighted by atomic mass is 127. The van der Waals surface area contributed by atoms with E-state index >= 15 is 0 Å². The summed E-state index contributed by atoms with van der Waals surface area (Å²) in [6, 6.07) is 7.87. The minimum Gasteiger partial charge on any atom is -0.493 e. The SMILES string of the molecule is COc1cc(I)c(CCCn2cccc2C(=O)N2CCOCC2)cc1OC. The molecule has 0 bridgehead atoms. The minimum atomic E-state index is 0.0870. The van der Waals surface area contributed by atoms with Crippen LogP contribution < -0.4 is 9.47 Å². The van der Waals surface area contributed by atoms with Crippen molar-refractivity contribution in [1.29, 1.82) is 0 Å². The van der Waals surface area contributed by atoms with Crippen LogP contribution in [0.5, 0.6) is 11.5 Å². The Morgan fingerprint density at radius 1 is 1.19 bits per heavy atom. The molecule has 7 heteroatoms. The van der Waals surface area contributed by atoms with Crippen LogP contribution in [-0.4, -0.2) is 55.9 Å². The summed E-state index contributed by atoms with van der Waals surface area (Å²) in [4.78, 5) is 14.6. The Morgan fingerprint density at radius 3 is 2.59 bits per heavy atom. The summed E-state index contributed by atoms with van der Waals surface area (Å²) in [6.07, 6.45) is 3.82. The van der Waals surface area contributed by atoms with E-state index in [0.29, 0.717) is 26.3 Å². The van der Waals surface area contributed by atoms with Gasteiger partial charge < -0.3 is 23.7 Å². The zero-order chi connectivity index (χ0) is 19.2. The number of ether oxygens (including phenoxy) is 3. The second-order valence-corrected chi connectivity index (χ2v) is 7.56. The van der Waals surface area contributed by atoms with Crippen molar-refractivity contribution in [2.24, 2.45) is 0 Å². The maximum Gasteiger partial charge on any atom is 0.270 e. The number of methoxy groups -OCH3 is 2. The van der Waals surface area contributed by atoms with Crippen LogP contribution in [0.4, 0.5) is 0 Å². The summed E-state index contributed by atoms with van der Waals surface area (Å²) >= 11 is 2.33. The number of rotatable bonds is 7. The van der Waals surface area contributed by atoms with Gasteiger partial charge in [0.05, 0.1) is 27.4 Å². The van der Waals surface area contributed by atoms with E-state index in [2.05, 4.69) is 22.6 Å². The quantitative estimate of drug-likeness (QED) is 0.567. The second-order valence-electron chi connectivity index (χ2n) is 6.39. The zero-order valence-electron chi connectivity index (χ0n) is 15.7. The lowest BCUT2D eigenvalue weighted by Gasteiger charge is -2.27. The fourth-order valence-corrected chi connectivity index (χ4v) is 3.97. The molecule has 2 aromatic rings. The number of aromatic nitrogens is 1. The largest absolute Gasteiger partial charge is 0.493 e. The molecule has 0 atom stereocenters. The van der Waals surface area contributed by atoms with Gasteiger partial charge in [-0.1, -0.05) is 0 Å². The predicted molar refractivity (Wildman–Crippen MR) is 112 cm³/mol. The number of carbonyl (C=O) groups is 1. The van der Waals surface area contributed by atoms with Crippen molar-refractivity contribution in [3.8, 4) is 11.5 Å². The first-order chi connectivity index (χ1) is 13.1. The third-order valence-corrected chi connectivity index (χ3v) is 5.75. The van der Waals surface area contributed by atoms with E-state index in [1.165, 1.54) is 5.56 Å². The molecule has 1 aromatic carbocycles. The van der Waals surface area contributed by atoms with Gasteiger partial charge in [-0.05, 0) is 65.3 Å². The van der Waals surface area contributed by atoms with E-state index in [1.807, 2.05) is 39.9 Å². The van der Waals surface area contributed by atoms with Gasteiger partial charge in [-0.25, -0.2) is 0 Å². The molecule has 0 aliphatic carbocycles. The first kappa shape index (κ1) is 20.0. The molecule has 1 aliphatic rings. The van der Waals surface area contributed by atoms with E-state index in [9.17, 15) is 4.79 Å². The zero-order valence-corrected chi connectivity index (χ0v) is 17.9. The van der Waals surface area contributed by atoms with E-state index in [1.54, 1.807) is 14.2 Å². The molecule has 1 aliphatic heterocycles. The van der Waals surface area contributed by atoms with Crippen molar-refractivity contribution < 1.29 is 19.0 Å². The fourth-order valence-electron chi connectivity index (χ4n) is 3.26. The third kappa shape index (κ3) is 4.76. The lowest BCUT2D eigenvalue weighted by Crippen LogP contribution is -2.41. The Bertz CT molecular complexity index is 784. The number of hydrogen-bond donors (Lipinski definition) is 0. The number of benzene rings is 1. The van der Waals surface area contributed by atoms with Crippen LogP contribution >= 0.6 is 22.6 Å². The van der Waals surface area contributed by atoms with Gasteiger partial charge in [-0.3, -0.25) is 4.79 Å². The highest BCUT2D eigenvalue weighted by Crippen LogP contribution is 2.32. The van der Waals surface area contributed by atoms with Crippen LogP contribution in [0.1, 0.15) is 22.5 Å². The molecular weight excluding hydrogens is 459 g/mol. The van der Waals surface area contributed by atoms with Crippen molar-refractivity contribution in [2.45, 2.75) is 19.4 Å². The lowest BCUT2D eigenvalue weighted by molar-refractivity contribution is 0.0296. The number of carbonyl (C=O) groups excluding carboxylic acids is 1. The van der Waals surface area contributed by atoms with Gasteiger partial charge >= 0.3 is 0 Å². The van der Waals surface area contributed by atoms with E-state index in [0.717, 1.165) is 40.1 Å². The van der Waals surface area contributed by atoms with Crippen molar-refractivity contribution in [3.63, 3.8) is 0 Å². The highest BCUT2D eigenvalue weighted by Gasteiger charge is 2.21. The van der Waals surface area contributed by atoms with Gasteiger partial charge in [0.2, 0.25) is 0 Å². The number of nitrogens with zero attached hydrogens (tertiary/aromatic N) is 2. The molecule has 6 nitrogen and oxygen atoms in total. The molecule has 0 radical (unpaired) electrons. The Morgan fingerprint density at radius 2 is 1.89 bits per heavy atom. The maximum absolute atomic E-state index is 12.7. The average molecular weight is 484 g/mol. The summed E-state index contributed by atoms with van der Waals surface area (Å²) in [6.45, 7) is 3.35. The first-order valence-corrected chi connectivity index (χ1v) is 10.1. The fraction of sp³-hybridized carbons (Fsp3) is 0.450. The Hall–Kier alpha value is -1.74. The minimum absolute atomic E-state index is 0.0870. The summed E-state index contributed by atoms with van der Waals surface area (Å²) in [7, 11) is 3.30. The number of aryl methyl sites for hydroxylation is 2. The van der Waals surface area contributed by atoms with E-state index in [4.69, 9.17) is 14.2 Å². The standard InChI is InChI=1S/C20H25IN2O4/c1-25-18-13-15(16(21)14-19(18)26-2)5-3-7-22-8-4-6-17(22)20(24)23-9-11-27-12-10-23/h4,6,8,13-14H,3,5,7,9-12H2,1-2H3. The monoisotopic (exact) mass is 484 g/mol. The molecule has 146 valence electrons. The van der Waals surface area contributed by atoms with Gasteiger partial charge in [0.25, 0.3) is 5.91 Å². The smallest absolute Gasteiger partial charge is 0.270 e. The molecule has 0 unspecified atom stereocenters. The van der Waals surface area contributed by atoms with Crippen molar-refractivity contribution >= 4 is 28.5 Å². The topological polar surface area (TPSA) is 52.9 Å². The van der Waals surface area contributed by atoms with Crippen molar-refractivity contribution in [3.05, 3.63) is 45.3 Å². The molecule has 3 rings (SSSR count). The summed E-state index contributed by atoms with van der Waals surface area (Å²) in [5, 5.41) is 0. The van der Waals surface area contributed by atoms with Crippen molar-refractivity contribution in [2.75, 3.05) is 40.5 Å². The van der Waals surface area contributed by atoms with Gasteiger partial charge in [0.15, 0.2) is 11.5 Å². The Labute approximate surface area is 173 Å². The first-order valence-electron chi connectivity index (χ1n) is 9.06. The van der Waals surface area contributed by atoms with Crippen LogP contribution in [0, 0.1) is 3.57 Å². The number of morpholine rings is 1. The van der Waals surface area contributed by atoms with Crippen LogP contribution in [0.3, 0.4) is 0 Å². The van der Waals surface area contributed by atoms with Crippen LogP contribution in [0.25, 0.3) is 0 Å². The van der Waals surface area contributed by atoms with Gasteiger partial charge in [0.1, 0.15) is 5.69 Å². The van der Waals surface area contributed by atoms with Gasteiger partial charge in [-0.2, -0.15) is 0 Å². The molecule has 1 amide bonds. The Kier molecular flexibility index (Phi) is 7.01. The molecular formula is C20H25IN2O4. The van der Waals surface area contributed by atoms with E-state index in [-0.39, 0.29) is 5.91 Å². The van der Waals surface area contributed by atoms with Crippen LogP contribution in [0.2, 0.25) is 0 Å². The predicted octanol–water partition coefficient (Wildman–Crippen LogP) is 3.22. The summed E-state index contributed by atoms with van der Waals surface area (Å²) < 4.78 is 19.3. The molecule has 0 N–H and O–H groups in total. The molecule has 0 spiro atoms. The van der Waals surface area contributed by atoms with Crippen molar-refractivity contribution in [1.82, 2.24) is 9.47 Å². The normalized spacial score (nSPS) is 14.3. The molecule has 27 heavy (non-hydrogen) atoms. The third-order valence-electron chi connectivity index (χ3n) is 4.74. The average Bonchev–Trinajstić information content (AvgIpc) is 3.17. The van der Waals surface area contributed by atoms with Gasteiger partial charge in [0, 0.05) is 29.4 Å². The highest BCUT2D eigenvalue weighted by molar-refractivity contribution is 14.1. The van der Waals surface area contributed by atoms with Gasteiger partial charge in [-0.15, -0.1) is 0 Å². The summed E-state index contributed by atoms with van der Waals surface area (Å²) in [5.74, 6) is 1.58. The molecule has 0 saturated carbocycles. The molecule has 1 fully saturated rings. The molecule has 1 aromatic heterocycles. The number of amides is 1. The molecule has 1 saturated heterocycles. The lowest BCUT2D eigenvalue weighted by atomic mass is 10.1. The van der Waals surface area contributed by atoms with Crippen LogP contribution in [-0.2, 0) is 17.7 Å². The summed E-state index contributed by atoms with van der Waals surface area (Å²) in [5.41, 5.74) is 1.97. The second kappa shape index (κ2) is 9.45. The van der Waals surface area contributed by atoms with Crippen LogP contribution in [0.15, 0.2) is 30.5 Å². The maximum atomic E-state index is 12.7. The number of halogens is 1. The molecule has 2 heterocycles.